The van der Waals surface area contributed by atoms with Crippen molar-refractivity contribution in [1.82, 2.24) is 19.5 Å². The first-order valence-electron chi connectivity index (χ1n) is 9.51. The number of imidazole rings is 1. The lowest BCUT2D eigenvalue weighted by atomic mass is 10.2. The molecule has 0 unspecified atom stereocenters. The zero-order valence-corrected chi connectivity index (χ0v) is 16.5. The summed E-state index contributed by atoms with van der Waals surface area (Å²) in [5, 5.41) is 2.73. The third-order valence-electron chi connectivity index (χ3n) is 5.16. The van der Waals surface area contributed by atoms with Crippen LogP contribution in [0.5, 0.6) is 0 Å². The van der Waals surface area contributed by atoms with E-state index in [9.17, 15) is 4.79 Å². The molecule has 2 aliphatic rings. The van der Waals surface area contributed by atoms with Crippen LogP contribution in [0.2, 0.25) is 0 Å². The highest BCUT2D eigenvalue weighted by Gasteiger charge is 2.29. The predicted molar refractivity (Wildman–Crippen MR) is 109 cm³/mol. The number of aldehydes is 1. The molecule has 3 aromatic rings. The second-order valence-corrected chi connectivity index (χ2v) is 7.95. The van der Waals surface area contributed by atoms with Gasteiger partial charge in [0.1, 0.15) is 11.5 Å². The first kappa shape index (κ1) is 17.4. The first-order chi connectivity index (χ1) is 13.8. The molecule has 2 aromatic heterocycles. The van der Waals surface area contributed by atoms with Crippen molar-refractivity contribution < 1.29 is 9.53 Å². The lowest BCUT2D eigenvalue weighted by Gasteiger charge is -2.35. The number of fused-ring (bicyclic) bond motifs is 2. The number of benzene rings is 1. The van der Waals surface area contributed by atoms with E-state index in [-0.39, 0.29) is 0 Å². The fraction of sp³-hybridized carbons (Fsp3) is 0.350. The van der Waals surface area contributed by atoms with Crippen molar-refractivity contribution in [2.24, 2.45) is 0 Å². The molecule has 0 atom stereocenters. The van der Waals surface area contributed by atoms with Crippen molar-refractivity contribution in [3.63, 3.8) is 0 Å². The van der Waals surface area contributed by atoms with Crippen LogP contribution >= 0.6 is 11.3 Å². The highest BCUT2D eigenvalue weighted by Crippen LogP contribution is 2.33. The Kier molecular flexibility index (Phi) is 4.37. The number of rotatable bonds is 4. The summed E-state index contributed by atoms with van der Waals surface area (Å²) in [6, 6.07) is 8.20. The summed E-state index contributed by atoms with van der Waals surface area (Å²) in [5.74, 6) is 1.02. The van der Waals surface area contributed by atoms with Gasteiger partial charge in [0.2, 0.25) is 0 Å². The Morgan fingerprint density at radius 2 is 2.04 bits per heavy atom. The summed E-state index contributed by atoms with van der Waals surface area (Å²) in [6.07, 6.45) is 3.82. The van der Waals surface area contributed by atoms with E-state index < -0.39 is 0 Å². The van der Waals surface area contributed by atoms with Gasteiger partial charge in [0.25, 0.3) is 0 Å². The standard InChI is InChI=1S/C20H21N5O2S/c1-2-18-21-14-5-3-4-6-15(14)25(18)24-11-16(23-7-9-27-10-8-23)20-17(12-24)28-19(13-26)22-20/h3-6,11,13H,2,7-10,12H2,1H3. The van der Waals surface area contributed by atoms with Crippen molar-refractivity contribution in [3.8, 4) is 0 Å². The first-order valence-corrected chi connectivity index (χ1v) is 10.3. The van der Waals surface area contributed by atoms with E-state index >= 15 is 0 Å². The zero-order valence-electron chi connectivity index (χ0n) is 15.7. The van der Waals surface area contributed by atoms with Gasteiger partial charge < -0.3 is 9.64 Å². The van der Waals surface area contributed by atoms with Crippen LogP contribution in [0.4, 0.5) is 0 Å². The number of ether oxygens (including phenoxy) is 1. The minimum atomic E-state index is 0.525. The van der Waals surface area contributed by atoms with Gasteiger partial charge in [-0.25, -0.2) is 14.6 Å². The summed E-state index contributed by atoms with van der Waals surface area (Å²) in [7, 11) is 0. The molecule has 0 radical (unpaired) electrons. The van der Waals surface area contributed by atoms with E-state index in [2.05, 4.69) is 38.8 Å². The Hall–Kier alpha value is -2.71. The van der Waals surface area contributed by atoms with E-state index in [1.54, 1.807) is 0 Å². The molecular weight excluding hydrogens is 374 g/mol. The maximum Gasteiger partial charge on any atom is 0.178 e. The monoisotopic (exact) mass is 395 g/mol. The Balaban J connectivity index is 1.65. The van der Waals surface area contributed by atoms with Gasteiger partial charge in [-0.05, 0) is 12.1 Å². The summed E-state index contributed by atoms with van der Waals surface area (Å²) in [6.45, 7) is 5.83. The maximum absolute atomic E-state index is 11.4. The molecule has 1 fully saturated rings. The smallest absolute Gasteiger partial charge is 0.178 e. The molecular formula is C20H21N5O2S. The van der Waals surface area contributed by atoms with Crippen LogP contribution in [-0.2, 0) is 17.7 Å². The van der Waals surface area contributed by atoms with Gasteiger partial charge in [0.05, 0.1) is 41.4 Å². The molecule has 7 nitrogen and oxygen atoms in total. The van der Waals surface area contributed by atoms with Gasteiger partial charge in [-0.2, -0.15) is 0 Å². The van der Waals surface area contributed by atoms with Crippen molar-refractivity contribution in [1.29, 1.82) is 0 Å². The Labute approximate surface area is 166 Å². The predicted octanol–water partition coefficient (Wildman–Crippen LogP) is 2.65. The number of carbonyl (C=O) groups excluding carboxylic acids is 1. The molecule has 0 bridgehead atoms. The third kappa shape index (κ3) is 2.80. The molecule has 28 heavy (non-hydrogen) atoms. The Morgan fingerprint density at radius 3 is 2.82 bits per heavy atom. The molecule has 2 aliphatic heterocycles. The number of nitrogens with zero attached hydrogens (tertiary/aromatic N) is 5. The van der Waals surface area contributed by atoms with Gasteiger partial charge >= 0.3 is 0 Å². The average molecular weight is 395 g/mol. The average Bonchev–Trinajstić information content (AvgIpc) is 3.34. The van der Waals surface area contributed by atoms with Crippen LogP contribution in [0.1, 0.15) is 33.1 Å². The van der Waals surface area contributed by atoms with Crippen molar-refractivity contribution in [2.75, 3.05) is 31.3 Å². The molecule has 144 valence electrons. The highest BCUT2D eigenvalue weighted by molar-refractivity contribution is 7.13. The molecule has 0 N–H and O–H groups in total. The second kappa shape index (κ2) is 7.03. The number of aromatic nitrogens is 3. The number of morpholine rings is 1. The lowest BCUT2D eigenvalue weighted by Crippen LogP contribution is -2.39. The summed E-state index contributed by atoms with van der Waals surface area (Å²) < 4.78 is 7.72. The molecule has 0 aliphatic carbocycles. The van der Waals surface area contributed by atoms with Crippen LogP contribution in [-0.4, -0.2) is 52.1 Å². The van der Waals surface area contributed by atoms with Crippen LogP contribution in [0.15, 0.2) is 30.5 Å². The number of thiazole rings is 1. The van der Waals surface area contributed by atoms with E-state index in [1.807, 2.05) is 18.2 Å². The van der Waals surface area contributed by atoms with E-state index in [1.165, 1.54) is 11.3 Å². The van der Waals surface area contributed by atoms with Crippen LogP contribution < -0.4 is 5.01 Å². The lowest BCUT2D eigenvalue weighted by molar-refractivity contribution is 0.0636. The van der Waals surface area contributed by atoms with Crippen molar-refractivity contribution in [3.05, 3.63) is 51.9 Å². The van der Waals surface area contributed by atoms with Crippen molar-refractivity contribution >= 4 is 34.4 Å². The largest absolute Gasteiger partial charge is 0.378 e. The number of carbonyl (C=O) groups is 1. The molecule has 5 rings (SSSR count). The molecule has 1 aromatic carbocycles. The van der Waals surface area contributed by atoms with Crippen molar-refractivity contribution in [2.45, 2.75) is 19.9 Å². The number of hydrogen-bond donors (Lipinski definition) is 0. The number of aryl methyl sites for hydroxylation is 1. The van der Waals surface area contributed by atoms with E-state index in [0.29, 0.717) is 24.8 Å². The van der Waals surface area contributed by atoms with Gasteiger partial charge in [0, 0.05) is 25.7 Å². The van der Waals surface area contributed by atoms with Gasteiger partial charge in [-0.15, -0.1) is 11.3 Å². The quantitative estimate of drug-likeness (QED) is 0.633. The third-order valence-corrected chi connectivity index (χ3v) is 6.13. The molecule has 8 heteroatoms. The Bertz CT molecular complexity index is 1060. The van der Waals surface area contributed by atoms with E-state index in [0.717, 1.165) is 58.9 Å². The molecule has 4 heterocycles. The Morgan fingerprint density at radius 1 is 1.21 bits per heavy atom. The molecule has 0 spiro atoms. The molecule has 1 saturated heterocycles. The highest BCUT2D eigenvalue weighted by atomic mass is 32.1. The summed E-state index contributed by atoms with van der Waals surface area (Å²) >= 11 is 1.47. The molecule has 0 saturated carbocycles. The van der Waals surface area contributed by atoms with Crippen LogP contribution in [0, 0.1) is 0 Å². The summed E-state index contributed by atoms with van der Waals surface area (Å²) in [4.78, 5) is 24.2. The molecule has 0 amide bonds. The normalized spacial score (nSPS) is 17.0. The number of hydrogen-bond acceptors (Lipinski definition) is 7. The maximum atomic E-state index is 11.4. The fourth-order valence-corrected chi connectivity index (χ4v) is 4.75. The fourth-order valence-electron chi connectivity index (χ4n) is 3.87. The van der Waals surface area contributed by atoms with Gasteiger partial charge in [0.15, 0.2) is 11.3 Å². The topological polar surface area (TPSA) is 63.5 Å². The van der Waals surface area contributed by atoms with Crippen LogP contribution in [0.25, 0.3) is 16.7 Å². The van der Waals surface area contributed by atoms with E-state index in [4.69, 9.17) is 9.72 Å². The second-order valence-electron chi connectivity index (χ2n) is 6.84. The summed E-state index contributed by atoms with van der Waals surface area (Å²) in [5.41, 5.74) is 4.05. The van der Waals surface area contributed by atoms with Gasteiger partial charge in [-0.1, -0.05) is 19.1 Å². The SMILES string of the molecule is CCc1nc2ccccc2n1N1C=C(N2CCOCC2)c2nc(C=O)sc2C1. The minimum Gasteiger partial charge on any atom is -0.378 e. The van der Waals surface area contributed by atoms with Crippen LogP contribution in [0.3, 0.4) is 0 Å². The zero-order chi connectivity index (χ0) is 19.1. The number of para-hydroxylation sites is 2. The minimum absolute atomic E-state index is 0.525. The van der Waals surface area contributed by atoms with Gasteiger partial charge in [-0.3, -0.25) is 9.80 Å².